The van der Waals surface area contributed by atoms with Crippen LogP contribution in [0.5, 0.6) is 0 Å². The Kier molecular flexibility index (Phi) is 5.33. The summed E-state index contributed by atoms with van der Waals surface area (Å²) in [5, 5.41) is 12.7. The summed E-state index contributed by atoms with van der Waals surface area (Å²) in [7, 11) is 0. The number of benzene rings is 1. The molecule has 0 radical (unpaired) electrons. The Morgan fingerprint density at radius 2 is 1.94 bits per heavy atom. The van der Waals surface area contributed by atoms with Crippen LogP contribution in [0.3, 0.4) is 0 Å². The van der Waals surface area contributed by atoms with Crippen LogP contribution < -0.4 is 5.32 Å². The molecule has 1 aromatic carbocycles. The first kappa shape index (κ1) is 13.0. The van der Waals surface area contributed by atoms with Crippen LogP contribution in [0.15, 0.2) is 24.3 Å². The lowest BCUT2D eigenvalue weighted by Gasteiger charge is -2.20. The molecule has 90 valence electrons. The number of aliphatic hydroxyl groups excluding tert-OH is 1. The van der Waals surface area contributed by atoms with Crippen molar-refractivity contribution in [2.45, 2.75) is 27.2 Å². The minimum Gasteiger partial charge on any atom is -0.396 e. The van der Waals surface area contributed by atoms with E-state index < -0.39 is 0 Å². The number of para-hydroxylation sites is 1. The maximum absolute atomic E-state index is 9.26. The largest absolute Gasteiger partial charge is 0.396 e. The Labute approximate surface area is 98.7 Å². The zero-order valence-corrected chi connectivity index (χ0v) is 10.5. The van der Waals surface area contributed by atoms with E-state index in [1.165, 1.54) is 11.3 Å². The quantitative estimate of drug-likeness (QED) is 0.774. The Balaban J connectivity index is 2.59. The fourth-order valence-electron chi connectivity index (χ4n) is 1.75. The van der Waals surface area contributed by atoms with Gasteiger partial charge >= 0.3 is 0 Å². The summed E-state index contributed by atoms with van der Waals surface area (Å²) in [6.45, 7) is 7.54. The monoisotopic (exact) mass is 221 g/mol. The number of nitrogens with one attached hydrogen (secondary N) is 1. The molecule has 0 aromatic heterocycles. The molecule has 0 aliphatic heterocycles. The number of aryl methyl sites for hydroxylation is 1. The zero-order valence-electron chi connectivity index (χ0n) is 10.5. The number of hydrogen-bond acceptors (Lipinski definition) is 2. The molecule has 1 aromatic rings. The molecule has 0 aliphatic carbocycles. The average molecular weight is 221 g/mol. The van der Waals surface area contributed by atoms with Crippen molar-refractivity contribution in [1.29, 1.82) is 0 Å². The van der Waals surface area contributed by atoms with Gasteiger partial charge in [0.25, 0.3) is 0 Å². The van der Waals surface area contributed by atoms with Crippen LogP contribution in [0, 0.1) is 11.8 Å². The summed E-state index contributed by atoms with van der Waals surface area (Å²) < 4.78 is 0. The van der Waals surface area contributed by atoms with Gasteiger partial charge in [-0.05, 0) is 24.0 Å². The predicted octanol–water partition coefficient (Wildman–Crippen LogP) is 2.93. The van der Waals surface area contributed by atoms with Crippen LogP contribution in [0.2, 0.25) is 0 Å². The highest BCUT2D eigenvalue weighted by atomic mass is 16.3. The molecule has 0 heterocycles. The molecule has 0 saturated heterocycles. The first-order chi connectivity index (χ1) is 7.69. The first-order valence-corrected chi connectivity index (χ1v) is 6.11. The van der Waals surface area contributed by atoms with Crippen molar-refractivity contribution < 1.29 is 5.11 Å². The highest BCUT2D eigenvalue weighted by molar-refractivity contribution is 5.51. The molecule has 0 spiro atoms. The minimum atomic E-state index is 0.249. The average Bonchev–Trinajstić information content (AvgIpc) is 2.30. The van der Waals surface area contributed by atoms with E-state index >= 15 is 0 Å². The van der Waals surface area contributed by atoms with Crippen LogP contribution in [0.4, 0.5) is 5.69 Å². The van der Waals surface area contributed by atoms with Gasteiger partial charge in [-0.25, -0.2) is 0 Å². The van der Waals surface area contributed by atoms with Gasteiger partial charge in [0.1, 0.15) is 0 Å². The second-order valence-corrected chi connectivity index (χ2v) is 4.58. The van der Waals surface area contributed by atoms with Gasteiger partial charge in [0.05, 0.1) is 0 Å². The van der Waals surface area contributed by atoms with Crippen molar-refractivity contribution in [3.8, 4) is 0 Å². The molecule has 2 heteroatoms. The van der Waals surface area contributed by atoms with Gasteiger partial charge in [0.2, 0.25) is 0 Å². The van der Waals surface area contributed by atoms with E-state index in [9.17, 15) is 5.11 Å². The van der Waals surface area contributed by atoms with Crippen molar-refractivity contribution >= 4 is 5.69 Å². The van der Waals surface area contributed by atoms with E-state index in [-0.39, 0.29) is 6.61 Å². The summed E-state index contributed by atoms with van der Waals surface area (Å²) in [6, 6.07) is 8.36. The van der Waals surface area contributed by atoms with Crippen molar-refractivity contribution in [2.75, 3.05) is 18.5 Å². The highest BCUT2D eigenvalue weighted by Gasteiger charge is 2.12. The Hall–Kier alpha value is -1.02. The van der Waals surface area contributed by atoms with E-state index in [0.717, 1.165) is 13.0 Å². The van der Waals surface area contributed by atoms with Crippen LogP contribution in [0.25, 0.3) is 0 Å². The van der Waals surface area contributed by atoms with Crippen molar-refractivity contribution in [2.24, 2.45) is 11.8 Å². The minimum absolute atomic E-state index is 0.249. The molecule has 0 amide bonds. The van der Waals surface area contributed by atoms with Gasteiger partial charge < -0.3 is 10.4 Å². The van der Waals surface area contributed by atoms with E-state index in [1.807, 2.05) is 6.07 Å². The fourth-order valence-corrected chi connectivity index (χ4v) is 1.75. The third-order valence-corrected chi connectivity index (χ3v) is 3.13. The molecular formula is C14H23NO. The standard InChI is InChI=1S/C14H23NO/c1-4-12-7-5-6-8-14(12)15-9-13(10-16)11(2)3/h5-8,11,13,15-16H,4,9-10H2,1-3H3. The van der Waals surface area contributed by atoms with Gasteiger partial charge in [-0.15, -0.1) is 0 Å². The molecule has 1 atom stereocenters. The fraction of sp³-hybridized carbons (Fsp3) is 0.571. The molecule has 16 heavy (non-hydrogen) atoms. The number of anilines is 1. The molecule has 0 aliphatic rings. The van der Waals surface area contributed by atoms with Crippen LogP contribution in [-0.4, -0.2) is 18.3 Å². The topological polar surface area (TPSA) is 32.3 Å². The predicted molar refractivity (Wildman–Crippen MR) is 69.7 cm³/mol. The van der Waals surface area contributed by atoms with Gasteiger partial charge in [0, 0.05) is 24.8 Å². The van der Waals surface area contributed by atoms with Crippen LogP contribution in [-0.2, 0) is 6.42 Å². The number of aliphatic hydroxyl groups is 1. The van der Waals surface area contributed by atoms with Crippen molar-refractivity contribution in [1.82, 2.24) is 0 Å². The van der Waals surface area contributed by atoms with Crippen LogP contribution in [0.1, 0.15) is 26.3 Å². The first-order valence-electron chi connectivity index (χ1n) is 6.11. The van der Waals surface area contributed by atoms with E-state index in [1.54, 1.807) is 0 Å². The lowest BCUT2D eigenvalue weighted by Crippen LogP contribution is -2.23. The lowest BCUT2D eigenvalue weighted by atomic mass is 9.96. The smallest absolute Gasteiger partial charge is 0.0478 e. The van der Waals surface area contributed by atoms with Gasteiger partial charge in [-0.2, -0.15) is 0 Å². The molecule has 2 nitrogen and oxygen atoms in total. The second-order valence-electron chi connectivity index (χ2n) is 4.58. The lowest BCUT2D eigenvalue weighted by molar-refractivity contribution is 0.198. The highest BCUT2D eigenvalue weighted by Crippen LogP contribution is 2.17. The molecule has 0 fully saturated rings. The Morgan fingerprint density at radius 1 is 1.25 bits per heavy atom. The summed E-state index contributed by atoms with van der Waals surface area (Å²) in [5.41, 5.74) is 2.53. The third-order valence-electron chi connectivity index (χ3n) is 3.13. The van der Waals surface area contributed by atoms with E-state index in [2.05, 4.69) is 44.3 Å². The van der Waals surface area contributed by atoms with Crippen molar-refractivity contribution in [3.05, 3.63) is 29.8 Å². The molecule has 0 bridgehead atoms. The molecule has 1 unspecified atom stereocenters. The van der Waals surface area contributed by atoms with Gasteiger partial charge in [-0.1, -0.05) is 39.0 Å². The van der Waals surface area contributed by atoms with Crippen LogP contribution >= 0.6 is 0 Å². The van der Waals surface area contributed by atoms with Crippen molar-refractivity contribution in [3.63, 3.8) is 0 Å². The molecule has 0 saturated carbocycles. The number of rotatable bonds is 6. The van der Waals surface area contributed by atoms with E-state index in [4.69, 9.17) is 0 Å². The molecule has 1 rings (SSSR count). The van der Waals surface area contributed by atoms with Gasteiger partial charge in [0.15, 0.2) is 0 Å². The maximum Gasteiger partial charge on any atom is 0.0478 e. The molecule has 2 N–H and O–H groups in total. The summed E-state index contributed by atoms with van der Waals surface area (Å²) in [4.78, 5) is 0. The van der Waals surface area contributed by atoms with Gasteiger partial charge in [-0.3, -0.25) is 0 Å². The maximum atomic E-state index is 9.26. The normalized spacial score (nSPS) is 12.8. The summed E-state index contributed by atoms with van der Waals surface area (Å²) >= 11 is 0. The summed E-state index contributed by atoms with van der Waals surface area (Å²) in [5.74, 6) is 0.830. The molecular weight excluding hydrogens is 198 g/mol. The van der Waals surface area contributed by atoms with E-state index in [0.29, 0.717) is 11.8 Å². The SMILES string of the molecule is CCc1ccccc1NCC(CO)C(C)C. The Morgan fingerprint density at radius 3 is 2.50 bits per heavy atom. The third kappa shape index (κ3) is 3.53. The zero-order chi connectivity index (χ0) is 12.0. The summed E-state index contributed by atoms with van der Waals surface area (Å²) in [6.07, 6.45) is 1.04. The number of hydrogen-bond donors (Lipinski definition) is 2. The second kappa shape index (κ2) is 6.54. The Bertz CT molecular complexity index is 309.